The van der Waals surface area contributed by atoms with Crippen LogP contribution in [-0.4, -0.2) is 38.4 Å². The lowest BCUT2D eigenvalue weighted by atomic mass is 9.85. The molecule has 2 rings (SSSR count). The van der Waals surface area contributed by atoms with E-state index in [1.54, 1.807) is 0 Å². The monoisotopic (exact) mass is 254 g/mol. The first kappa shape index (κ1) is 14.3. The van der Waals surface area contributed by atoms with Crippen molar-refractivity contribution in [3.8, 4) is 0 Å². The fourth-order valence-electron chi connectivity index (χ4n) is 3.28. The second-order valence-corrected chi connectivity index (χ2v) is 6.52. The fraction of sp³-hybridized carbons (Fsp3) is 1.00. The summed E-state index contributed by atoms with van der Waals surface area (Å²) in [6.07, 6.45) is 6.52. The standard InChI is InChI=1S/C15H30N2O/c1-13(14-5-3-8-16-11-14)6-9-17-15(2)7-4-10-18-12-15/h13-14,16-17H,3-12H2,1-2H3. The molecule has 0 aromatic carbocycles. The zero-order valence-corrected chi connectivity index (χ0v) is 12.1. The van der Waals surface area contributed by atoms with Crippen molar-refractivity contribution in [3.05, 3.63) is 0 Å². The molecular formula is C15H30N2O. The average molecular weight is 254 g/mol. The minimum atomic E-state index is 0.225. The molecule has 18 heavy (non-hydrogen) atoms. The lowest BCUT2D eigenvalue weighted by Gasteiger charge is -2.35. The van der Waals surface area contributed by atoms with E-state index in [1.165, 1.54) is 45.2 Å². The van der Waals surface area contributed by atoms with Gasteiger partial charge in [0.1, 0.15) is 0 Å². The predicted octanol–water partition coefficient (Wildman–Crippen LogP) is 2.17. The Morgan fingerprint density at radius 3 is 3.00 bits per heavy atom. The first-order valence-corrected chi connectivity index (χ1v) is 7.73. The predicted molar refractivity (Wildman–Crippen MR) is 75.8 cm³/mol. The third kappa shape index (κ3) is 4.22. The largest absolute Gasteiger partial charge is 0.380 e. The van der Waals surface area contributed by atoms with E-state index in [0.29, 0.717) is 0 Å². The van der Waals surface area contributed by atoms with Crippen molar-refractivity contribution in [3.63, 3.8) is 0 Å². The summed E-state index contributed by atoms with van der Waals surface area (Å²) in [6, 6.07) is 0. The molecule has 3 nitrogen and oxygen atoms in total. The number of rotatable bonds is 5. The molecule has 2 saturated heterocycles. The Kier molecular flexibility index (Phi) is 5.46. The maximum Gasteiger partial charge on any atom is 0.0645 e. The van der Waals surface area contributed by atoms with Crippen molar-refractivity contribution in [1.82, 2.24) is 10.6 Å². The van der Waals surface area contributed by atoms with Crippen LogP contribution in [0.15, 0.2) is 0 Å². The Morgan fingerprint density at radius 2 is 2.33 bits per heavy atom. The van der Waals surface area contributed by atoms with Crippen LogP contribution in [0, 0.1) is 11.8 Å². The van der Waals surface area contributed by atoms with Gasteiger partial charge < -0.3 is 15.4 Å². The summed E-state index contributed by atoms with van der Waals surface area (Å²) >= 11 is 0. The van der Waals surface area contributed by atoms with Gasteiger partial charge in [0.2, 0.25) is 0 Å². The number of piperidine rings is 1. The number of hydrogen-bond donors (Lipinski definition) is 2. The molecule has 3 heteroatoms. The summed E-state index contributed by atoms with van der Waals surface area (Å²) in [5.41, 5.74) is 0.225. The molecule has 0 aliphatic carbocycles. The van der Waals surface area contributed by atoms with Crippen molar-refractivity contribution in [2.75, 3.05) is 32.8 Å². The summed E-state index contributed by atoms with van der Waals surface area (Å²) in [7, 11) is 0. The Morgan fingerprint density at radius 1 is 1.44 bits per heavy atom. The van der Waals surface area contributed by atoms with Gasteiger partial charge in [0.05, 0.1) is 6.61 Å². The Labute approximate surface area is 112 Å². The second-order valence-electron chi connectivity index (χ2n) is 6.52. The van der Waals surface area contributed by atoms with Crippen LogP contribution in [0.25, 0.3) is 0 Å². The van der Waals surface area contributed by atoms with Gasteiger partial charge in [0.25, 0.3) is 0 Å². The average Bonchev–Trinajstić information content (AvgIpc) is 2.40. The summed E-state index contributed by atoms with van der Waals surface area (Å²) in [4.78, 5) is 0. The molecule has 2 fully saturated rings. The molecular weight excluding hydrogens is 224 g/mol. The van der Waals surface area contributed by atoms with Crippen molar-refractivity contribution >= 4 is 0 Å². The van der Waals surface area contributed by atoms with Gasteiger partial charge in [-0.25, -0.2) is 0 Å². The number of ether oxygens (including phenoxy) is 1. The number of hydrogen-bond acceptors (Lipinski definition) is 3. The maximum absolute atomic E-state index is 5.59. The highest BCUT2D eigenvalue weighted by Gasteiger charge is 2.27. The smallest absolute Gasteiger partial charge is 0.0645 e. The first-order chi connectivity index (χ1) is 8.70. The van der Waals surface area contributed by atoms with Crippen LogP contribution in [0.3, 0.4) is 0 Å². The third-order valence-electron chi connectivity index (χ3n) is 4.73. The molecule has 106 valence electrons. The molecule has 0 radical (unpaired) electrons. The highest BCUT2D eigenvalue weighted by molar-refractivity contribution is 4.85. The van der Waals surface area contributed by atoms with Gasteiger partial charge >= 0.3 is 0 Å². The molecule has 0 amide bonds. The molecule has 0 saturated carbocycles. The molecule has 0 aromatic rings. The maximum atomic E-state index is 5.59. The van der Waals surface area contributed by atoms with Gasteiger partial charge in [-0.05, 0) is 70.5 Å². The minimum Gasteiger partial charge on any atom is -0.380 e. The Balaban J connectivity index is 1.64. The van der Waals surface area contributed by atoms with Gasteiger partial charge in [0, 0.05) is 12.1 Å². The zero-order valence-electron chi connectivity index (χ0n) is 12.1. The van der Waals surface area contributed by atoms with E-state index in [2.05, 4.69) is 24.5 Å². The summed E-state index contributed by atoms with van der Waals surface area (Å²) in [5.74, 6) is 1.72. The SMILES string of the molecule is CC(CCNC1(C)CCCOC1)C1CCCNC1. The Hall–Kier alpha value is -0.120. The van der Waals surface area contributed by atoms with Crippen LogP contribution in [0.4, 0.5) is 0 Å². The molecule has 0 aromatic heterocycles. The van der Waals surface area contributed by atoms with Crippen LogP contribution in [0.2, 0.25) is 0 Å². The second kappa shape index (κ2) is 6.88. The molecule has 2 aliphatic heterocycles. The van der Waals surface area contributed by atoms with Crippen molar-refractivity contribution in [2.45, 2.75) is 51.5 Å². The van der Waals surface area contributed by atoms with Gasteiger partial charge in [-0.15, -0.1) is 0 Å². The van der Waals surface area contributed by atoms with E-state index in [-0.39, 0.29) is 5.54 Å². The van der Waals surface area contributed by atoms with Crippen LogP contribution >= 0.6 is 0 Å². The molecule has 2 heterocycles. The summed E-state index contributed by atoms with van der Waals surface area (Å²) in [6.45, 7) is 10.1. The van der Waals surface area contributed by atoms with E-state index in [9.17, 15) is 0 Å². The van der Waals surface area contributed by atoms with E-state index < -0.39 is 0 Å². The highest BCUT2D eigenvalue weighted by atomic mass is 16.5. The van der Waals surface area contributed by atoms with Crippen molar-refractivity contribution < 1.29 is 4.74 Å². The lowest BCUT2D eigenvalue weighted by Crippen LogP contribution is -2.49. The van der Waals surface area contributed by atoms with Gasteiger partial charge in [-0.1, -0.05) is 6.92 Å². The van der Waals surface area contributed by atoms with Crippen LogP contribution in [-0.2, 0) is 4.74 Å². The Bertz CT molecular complexity index is 233. The molecule has 3 unspecified atom stereocenters. The van der Waals surface area contributed by atoms with Gasteiger partial charge in [-0.3, -0.25) is 0 Å². The van der Waals surface area contributed by atoms with Gasteiger partial charge in [-0.2, -0.15) is 0 Å². The van der Waals surface area contributed by atoms with Crippen molar-refractivity contribution in [1.29, 1.82) is 0 Å². The molecule has 3 atom stereocenters. The normalized spacial score (nSPS) is 35.3. The summed E-state index contributed by atoms with van der Waals surface area (Å²) in [5, 5.41) is 7.25. The van der Waals surface area contributed by atoms with E-state index >= 15 is 0 Å². The highest BCUT2D eigenvalue weighted by Crippen LogP contribution is 2.23. The fourth-order valence-corrected chi connectivity index (χ4v) is 3.28. The molecule has 0 spiro atoms. The van der Waals surface area contributed by atoms with Crippen LogP contribution in [0.5, 0.6) is 0 Å². The molecule has 2 aliphatic rings. The number of nitrogens with one attached hydrogen (secondary N) is 2. The van der Waals surface area contributed by atoms with E-state index in [0.717, 1.165) is 31.6 Å². The van der Waals surface area contributed by atoms with Crippen molar-refractivity contribution in [2.24, 2.45) is 11.8 Å². The molecule has 0 bridgehead atoms. The van der Waals surface area contributed by atoms with Crippen LogP contribution < -0.4 is 10.6 Å². The topological polar surface area (TPSA) is 33.3 Å². The first-order valence-electron chi connectivity index (χ1n) is 7.73. The van der Waals surface area contributed by atoms with Crippen LogP contribution in [0.1, 0.15) is 46.0 Å². The lowest BCUT2D eigenvalue weighted by molar-refractivity contribution is 0.0278. The quantitative estimate of drug-likeness (QED) is 0.789. The van der Waals surface area contributed by atoms with E-state index in [1.807, 2.05) is 0 Å². The summed E-state index contributed by atoms with van der Waals surface area (Å²) < 4.78 is 5.59. The third-order valence-corrected chi connectivity index (χ3v) is 4.73. The van der Waals surface area contributed by atoms with Gasteiger partial charge in [0.15, 0.2) is 0 Å². The minimum absolute atomic E-state index is 0.225. The zero-order chi connectivity index (χ0) is 12.8. The van der Waals surface area contributed by atoms with E-state index in [4.69, 9.17) is 4.74 Å². The molecule has 2 N–H and O–H groups in total.